The van der Waals surface area contributed by atoms with E-state index >= 15 is 0 Å². The van der Waals surface area contributed by atoms with E-state index < -0.39 is 0 Å². The highest BCUT2D eigenvalue weighted by Gasteiger charge is 1.70. The van der Waals surface area contributed by atoms with Gasteiger partial charge in [-0.15, -0.1) is 5.73 Å². The maximum atomic E-state index is 9.47. The molecule has 0 saturated carbocycles. The Kier molecular flexibility index (Phi) is 1.86. The minimum Gasteiger partial charge on any atom is -0.390 e. The van der Waals surface area contributed by atoms with Gasteiger partial charge in [0.05, 0.1) is 0 Å². The average Bonchev–Trinajstić information content (AvgIpc) is 1.65. The van der Waals surface area contributed by atoms with Crippen molar-refractivity contribution in [2.45, 2.75) is 0 Å². The zero-order valence-electron chi connectivity index (χ0n) is 3.27. The minimum absolute atomic E-state index is 0.0509. The largest absolute Gasteiger partial charge is 0.390 e. The Balaban J connectivity index is 3.86. The highest BCUT2D eigenvalue weighted by Crippen LogP contribution is 1.61. The quantitative estimate of drug-likeness (QED) is 0.271. The monoisotopic (exact) mass is 83.0 g/mol. The molecule has 0 aliphatic heterocycles. The van der Waals surface area contributed by atoms with Crippen molar-refractivity contribution in [3.63, 3.8) is 0 Å². The van der Waals surface area contributed by atoms with Crippen LogP contribution in [0.25, 0.3) is 0 Å². The third-order valence-corrected chi connectivity index (χ3v) is 0.331. The number of allylic oxidation sites excluding steroid dienone is 1. The summed E-state index contributed by atoms with van der Waals surface area (Å²) in [7, 11) is 0. The first-order valence-corrected chi connectivity index (χ1v) is 1.42. The average molecular weight is 83.1 g/mol. The fraction of sp³-hybridized carbons (Fsp3) is 0. The van der Waals surface area contributed by atoms with Gasteiger partial charge >= 0.3 is 0 Å². The van der Waals surface area contributed by atoms with E-state index in [4.69, 9.17) is 5.73 Å². The molecule has 0 aromatic rings. The van der Waals surface area contributed by atoms with Gasteiger partial charge in [0.1, 0.15) is 5.70 Å². The Morgan fingerprint density at radius 3 is 2.50 bits per heavy atom. The second-order valence-corrected chi connectivity index (χ2v) is 0.750. The van der Waals surface area contributed by atoms with Gasteiger partial charge in [0, 0.05) is 0 Å². The fourth-order valence-corrected chi connectivity index (χ4v) is 0.0417. The number of hydrogen-bond acceptors (Lipinski definition) is 2. The van der Waals surface area contributed by atoms with E-state index in [1.165, 1.54) is 0 Å². The first-order chi connectivity index (χ1) is 2.81. The second kappa shape index (κ2) is 2.24. The second-order valence-electron chi connectivity index (χ2n) is 0.750. The molecule has 2 N–H and O–H groups in total. The summed E-state index contributed by atoms with van der Waals surface area (Å²) in [5.41, 5.74) is 7.09. The molecule has 0 aromatic heterocycles. The summed E-state index contributed by atoms with van der Waals surface area (Å²) >= 11 is 0. The van der Waals surface area contributed by atoms with Crippen LogP contribution in [-0.4, -0.2) is 6.29 Å². The van der Waals surface area contributed by atoms with Crippen molar-refractivity contribution >= 4 is 6.29 Å². The Hall–Kier alpha value is -1.01. The lowest BCUT2D eigenvalue weighted by molar-refractivity contribution is -0.104. The molecule has 0 aliphatic rings. The van der Waals surface area contributed by atoms with Gasteiger partial charge in [-0.2, -0.15) is 0 Å². The van der Waals surface area contributed by atoms with Crippen molar-refractivity contribution in [1.82, 2.24) is 0 Å². The molecule has 0 aromatic carbocycles. The molecule has 2 nitrogen and oxygen atoms in total. The predicted molar refractivity (Wildman–Crippen MR) is 22.9 cm³/mol. The van der Waals surface area contributed by atoms with Crippen LogP contribution in [0.1, 0.15) is 0 Å². The number of rotatable bonds is 1. The zero-order valence-corrected chi connectivity index (χ0v) is 3.27. The summed E-state index contributed by atoms with van der Waals surface area (Å²) in [6.45, 7) is 3.11. The summed E-state index contributed by atoms with van der Waals surface area (Å²) in [6, 6.07) is 0. The summed E-state index contributed by atoms with van der Waals surface area (Å²) in [6.07, 6.45) is 0.493. The molecule has 32 valence electrons. The van der Waals surface area contributed by atoms with E-state index in [2.05, 4.69) is 12.3 Å². The maximum Gasteiger partial charge on any atom is 0.173 e. The van der Waals surface area contributed by atoms with Crippen molar-refractivity contribution in [3.05, 3.63) is 18.0 Å². The number of nitrogens with two attached hydrogens (primary N) is 1. The van der Waals surface area contributed by atoms with Crippen LogP contribution in [0.3, 0.4) is 0 Å². The van der Waals surface area contributed by atoms with E-state index in [-0.39, 0.29) is 5.70 Å². The van der Waals surface area contributed by atoms with Crippen molar-refractivity contribution in [2.75, 3.05) is 0 Å². The molecule has 0 spiro atoms. The molecule has 0 rings (SSSR count). The van der Waals surface area contributed by atoms with Crippen molar-refractivity contribution < 1.29 is 4.79 Å². The normalized spacial score (nSPS) is 6.00. The molecule has 2 heteroatoms. The molecule has 0 unspecified atom stereocenters. The Morgan fingerprint density at radius 2 is 2.50 bits per heavy atom. The van der Waals surface area contributed by atoms with Gasteiger partial charge in [0.2, 0.25) is 0 Å². The fourth-order valence-electron chi connectivity index (χ4n) is 0.0417. The summed E-state index contributed by atoms with van der Waals surface area (Å²) in [5.74, 6) is 0. The highest BCUT2D eigenvalue weighted by molar-refractivity contribution is 5.70. The maximum absolute atomic E-state index is 9.47. The van der Waals surface area contributed by atoms with Gasteiger partial charge in [-0.25, -0.2) is 0 Å². The van der Waals surface area contributed by atoms with E-state index in [0.29, 0.717) is 6.29 Å². The molecular formula is C4H5NO. The number of hydrogen-bond donors (Lipinski definition) is 1. The third-order valence-electron chi connectivity index (χ3n) is 0.331. The van der Waals surface area contributed by atoms with Crippen molar-refractivity contribution in [2.24, 2.45) is 5.73 Å². The molecule has 0 amide bonds. The number of carbonyl (C=O) groups is 1. The molecule has 6 heavy (non-hydrogen) atoms. The lowest BCUT2D eigenvalue weighted by Gasteiger charge is -1.70. The summed E-state index contributed by atoms with van der Waals surface area (Å²) < 4.78 is 0. The number of carbonyl (C=O) groups excluding carboxylic acids is 1. The Labute approximate surface area is 36.0 Å². The van der Waals surface area contributed by atoms with Crippen LogP contribution in [-0.2, 0) is 4.79 Å². The van der Waals surface area contributed by atoms with Crippen LogP contribution in [0.4, 0.5) is 0 Å². The third kappa shape index (κ3) is 1.32. The SMILES string of the molecule is C=C=C(N)C=O. The minimum atomic E-state index is 0.0509. The molecule has 0 atom stereocenters. The predicted octanol–water partition coefficient (Wildman–Crippen LogP) is -0.187. The molecular weight excluding hydrogens is 78.0 g/mol. The standard InChI is InChI=1S/C4H5NO/c1-2-4(5)3-6/h3H,1,5H2. The summed E-state index contributed by atoms with van der Waals surface area (Å²) in [5, 5.41) is 0. The van der Waals surface area contributed by atoms with Crippen molar-refractivity contribution in [1.29, 1.82) is 0 Å². The Bertz CT molecular complexity index is 100. The first kappa shape index (κ1) is 4.99. The van der Waals surface area contributed by atoms with Gasteiger partial charge in [-0.3, -0.25) is 4.79 Å². The highest BCUT2D eigenvalue weighted by atomic mass is 16.1. The topological polar surface area (TPSA) is 43.1 Å². The van der Waals surface area contributed by atoms with Gasteiger partial charge in [-0.1, -0.05) is 6.58 Å². The molecule has 0 heterocycles. The van der Waals surface area contributed by atoms with Crippen LogP contribution in [0.2, 0.25) is 0 Å². The van der Waals surface area contributed by atoms with Crippen molar-refractivity contribution in [3.8, 4) is 0 Å². The molecule has 0 radical (unpaired) electrons. The zero-order chi connectivity index (χ0) is 4.99. The van der Waals surface area contributed by atoms with E-state index in [0.717, 1.165) is 0 Å². The molecule has 0 aliphatic carbocycles. The smallest absolute Gasteiger partial charge is 0.173 e. The van der Waals surface area contributed by atoms with E-state index in [1.54, 1.807) is 0 Å². The van der Waals surface area contributed by atoms with Gasteiger partial charge in [0.15, 0.2) is 6.29 Å². The lowest BCUT2D eigenvalue weighted by Crippen LogP contribution is -1.93. The van der Waals surface area contributed by atoms with Crippen LogP contribution >= 0.6 is 0 Å². The van der Waals surface area contributed by atoms with E-state index in [1.807, 2.05) is 0 Å². The van der Waals surface area contributed by atoms with Crippen LogP contribution < -0.4 is 5.73 Å². The number of aldehydes is 1. The molecule has 0 bridgehead atoms. The van der Waals surface area contributed by atoms with Gasteiger partial charge < -0.3 is 5.73 Å². The van der Waals surface area contributed by atoms with Crippen LogP contribution in [0.5, 0.6) is 0 Å². The van der Waals surface area contributed by atoms with Gasteiger partial charge in [-0.05, 0) is 0 Å². The van der Waals surface area contributed by atoms with Crippen LogP contribution in [0.15, 0.2) is 18.0 Å². The van der Waals surface area contributed by atoms with Gasteiger partial charge in [0.25, 0.3) is 0 Å². The molecule has 0 saturated heterocycles. The van der Waals surface area contributed by atoms with E-state index in [9.17, 15) is 4.79 Å². The summed E-state index contributed by atoms with van der Waals surface area (Å²) in [4.78, 5) is 9.47. The Morgan fingerprint density at radius 1 is 2.00 bits per heavy atom. The first-order valence-electron chi connectivity index (χ1n) is 1.42. The van der Waals surface area contributed by atoms with Crippen LogP contribution in [0, 0.1) is 0 Å². The lowest BCUT2D eigenvalue weighted by atomic mass is 10.5. The molecule has 0 fully saturated rings.